The summed E-state index contributed by atoms with van der Waals surface area (Å²) in [7, 11) is 1.88. The number of nitrogens with zero attached hydrogens (tertiary/aromatic N) is 4. The van der Waals surface area contributed by atoms with Gasteiger partial charge in [-0.2, -0.15) is 5.10 Å². The van der Waals surface area contributed by atoms with Crippen molar-refractivity contribution < 1.29 is 9.53 Å². The first kappa shape index (κ1) is 19.8. The molecule has 8 heteroatoms. The van der Waals surface area contributed by atoms with Gasteiger partial charge in [-0.1, -0.05) is 35.3 Å². The van der Waals surface area contributed by atoms with Crippen molar-refractivity contribution in [1.82, 2.24) is 14.7 Å². The number of benzene rings is 1. The summed E-state index contributed by atoms with van der Waals surface area (Å²) < 4.78 is 7.24. The number of carbonyl (C=O) groups is 1. The predicted octanol–water partition coefficient (Wildman–Crippen LogP) is 4.45. The molecule has 0 N–H and O–H groups in total. The maximum Gasteiger partial charge on any atom is 0.410 e. The van der Waals surface area contributed by atoms with E-state index in [0.29, 0.717) is 36.2 Å². The Hall–Kier alpha value is -1.92. The molecule has 6 nitrogen and oxygen atoms in total. The second kappa shape index (κ2) is 7.60. The zero-order valence-corrected chi connectivity index (χ0v) is 17.5. The average molecular weight is 411 g/mol. The van der Waals surface area contributed by atoms with Gasteiger partial charge in [0.05, 0.1) is 15.7 Å². The summed E-state index contributed by atoms with van der Waals surface area (Å²) in [5.74, 6) is 0.854. The summed E-state index contributed by atoms with van der Waals surface area (Å²) in [5.41, 5.74) is 1.25. The minimum atomic E-state index is -0.486. The van der Waals surface area contributed by atoms with E-state index in [1.54, 1.807) is 15.6 Å². The van der Waals surface area contributed by atoms with Crippen LogP contribution in [0.15, 0.2) is 24.3 Å². The normalized spacial score (nSPS) is 15.2. The number of amides is 1. The van der Waals surface area contributed by atoms with Crippen LogP contribution in [0.25, 0.3) is 11.3 Å². The van der Waals surface area contributed by atoms with Crippen LogP contribution < -0.4 is 4.90 Å². The highest BCUT2D eigenvalue weighted by Crippen LogP contribution is 2.34. The Morgan fingerprint density at radius 2 is 1.81 bits per heavy atom. The highest BCUT2D eigenvalue weighted by atomic mass is 35.5. The number of carbonyl (C=O) groups excluding carboxylic acids is 1. The second-order valence-corrected chi connectivity index (χ2v) is 8.35. The molecule has 27 heavy (non-hydrogen) atoms. The number of hydrogen-bond acceptors (Lipinski definition) is 4. The molecule has 0 aliphatic carbocycles. The first-order valence-electron chi connectivity index (χ1n) is 8.87. The monoisotopic (exact) mass is 410 g/mol. The molecular formula is C19H24Cl2N4O2. The zero-order chi connectivity index (χ0) is 19.8. The fourth-order valence-electron chi connectivity index (χ4n) is 3.00. The van der Waals surface area contributed by atoms with Gasteiger partial charge in [0.25, 0.3) is 0 Å². The Labute approximate surface area is 169 Å². The Kier molecular flexibility index (Phi) is 5.58. The van der Waals surface area contributed by atoms with E-state index in [0.717, 1.165) is 17.1 Å². The Morgan fingerprint density at radius 1 is 1.15 bits per heavy atom. The Bertz CT molecular complexity index is 837. The van der Waals surface area contributed by atoms with Crippen molar-refractivity contribution in [2.24, 2.45) is 7.05 Å². The number of hydrogen-bond donors (Lipinski definition) is 0. The van der Waals surface area contributed by atoms with E-state index in [4.69, 9.17) is 27.9 Å². The zero-order valence-electron chi connectivity index (χ0n) is 16.0. The molecule has 0 unspecified atom stereocenters. The fourth-order valence-corrected chi connectivity index (χ4v) is 3.40. The highest BCUT2D eigenvalue weighted by Gasteiger charge is 2.27. The second-order valence-electron chi connectivity index (χ2n) is 7.57. The van der Waals surface area contributed by atoms with Crippen molar-refractivity contribution in [2.45, 2.75) is 26.4 Å². The number of halogens is 2. The standard InChI is InChI=1S/C19H24Cl2N4O2/c1-19(2,3)27-18(26)25-10-8-24(9-11-25)16-12-15(23(4)22-16)13-6-5-7-14(20)17(13)21/h5-7,12H,8-11H2,1-4H3. The molecule has 1 aromatic carbocycles. The van der Waals surface area contributed by atoms with Gasteiger partial charge in [-0.25, -0.2) is 4.79 Å². The van der Waals surface area contributed by atoms with Crippen molar-refractivity contribution in [3.63, 3.8) is 0 Å². The molecule has 2 aromatic rings. The third-order valence-electron chi connectivity index (χ3n) is 4.35. The molecule has 1 aromatic heterocycles. The van der Waals surface area contributed by atoms with Crippen LogP contribution in [0.3, 0.4) is 0 Å². The van der Waals surface area contributed by atoms with E-state index in [9.17, 15) is 4.79 Å². The van der Waals surface area contributed by atoms with Gasteiger partial charge in [0.15, 0.2) is 5.82 Å². The number of aromatic nitrogens is 2. The Balaban J connectivity index is 1.71. The predicted molar refractivity (Wildman–Crippen MR) is 109 cm³/mol. The quantitative estimate of drug-likeness (QED) is 0.733. The molecule has 146 valence electrons. The van der Waals surface area contributed by atoms with E-state index < -0.39 is 5.60 Å². The van der Waals surface area contributed by atoms with Crippen LogP contribution in [0.4, 0.5) is 10.6 Å². The lowest BCUT2D eigenvalue weighted by Gasteiger charge is -2.35. The molecule has 0 bridgehead atoms. The number of ether oxygens (including phenoxy) is 1. The van der Waals surface area contributed by atoms with E-state index in [-0.39, 0.29) is 6.09 Å². The number of aryl methyl sites for hydroxylation is 1. The molecule has 0 spiro atoms. The van der Waals surface area contributed by atoms with Gasteiger partial charge < -0.3 is 14.5 Å². The topological polar surface area (TPSA) is 50.6 Å². The lowest BCUT2D eigenvalue weighted by atomic mass is 10.1. The Morgan fingerprint density at radius 3 is 2.44 bits per heavy atom. The van der Waals surface area contributed by atoms with Gasteiger partial charge >= 0.3 is 6.09 Å². The van der Waals surface area contributed by atoms with E-state index in [1.165, 1.54) is 0 Å². The molecule has 1 amide bonds. The average Bonchev–Trinajstić information content (AvgIpc) is 2.97. The molecule has 3 rings (SSSR count). The fraction of sp³-hybridized carbons (Fsp3) is 0.474. The SMILES string of the molecule is Cn1nc(N2CCN(C(=O)OC(C)(C)C)CC2)cc1-c1cccc(Cl)c1Cl. The maximum atomic E-state index is 12.2. The van der Waals surface area contributed by atoms with Crippen molar-refractivity contribution >= 4 is 35.1 Å². The minimum Gasteiger partial charge on any atom is -0.444 e. The summed E-state index contributed by atoms with van der Waals surface area (Å²) in [6.07, 6.45) is -0.269. The van der Waals surface area contributed by atoms with Crippen LogP contribution in [0.5, 0.6) is 0 Å². The minimum absolute atomic E-state index is 0.269. The van der Waals surface area contributed by atoms with Gasteiger partial charge in [-0.3, -0.25) is 4.68 Å². The van der Waals surface area contributed by atoms with Crippen LogP contribution in [-0.4, -0.2) is 52.6 Å². The van der Waals surface area contributed by atoms with Gasteiger partial charge in [0, 0.05) is 44.9 Å². The largest absolute Gasteiger partial charge is 0.444 e. The summed E-state index contributed by atoms with van der Waals surface area (Å²) >= 11 is 12.5. The first-order chi connectivity index (χ1) is 12.7. The number of rotatable bonds is 2. The van der Waals surface area contributed by atoms with Crippen molar-refractivity contribution in [3.8, 4) is 11.3 Å². The molecule has 0 radical (unpaired) electrons. The van der Waals surface area contributed by atoms with Crippen LogP contribution in [-0.2, 0) is 11.8 Å². The van der Waals surface area contributed by atoms with Crippen molar-refractivity contribution in [3.05, 3.63) is 34.3 Å². The molecule has 0 saturated carbocycles. The summed E-state index contributed by atoms with van der Waals surface area (Å²) in [6.45, 7) is 8.20. The molecule has 1 aliphatic heterocycles. The number of anilines is 1. The summed E-state index contributed by atoms with van der Waals surface area (Å²) in [5, 5.41) is 5.65. The highest BCUT2D eigenvalue weighted by molar-refractivity contribution is 6.43. The molecule has 1 aliphatic rings. The van der Waals surface area contributed by atoms with Crippen LogP contribution in [0.2, 0.25) is 10.0 Å². The molecule has 1 fully saturated rings. The van der Waals surface area contributed by atoms with Gasteiger partial charge in [-0.15, -0.1) is 0 Å². The van der Waals surface area contributed by atoms with Crippen molar-refractivity contribution in [1.29, 1.82) is 0 Å². The van der Waals surface area contributed by atoms with Crippen LogP contribution in [0.1, 0.15) is 20.8 Å². The number of piperazine rings is 1. The van der Waals surface area contributed by atoms with Crippen LogP contribution in [0, 0.1) is 0 Å². The third-order valence-corrected chi connectivity index (χ3v) is 5.17. The van der Waals surface area contributed by atoms with Gasteiger partial charge in [0.1, 0.15) is 5.60 Å². The van der Waals surface area contributed by atoms with Crippen LogP contribution >= 0.6 is 23.2 Å². The maximum absolute atomic E-state index is 12.2. The summed E-state index contributed by atoms with van der Waals surface area (Å²) in [4.78, 5) is 16.1. The lowest BCUT2D eigenvalue weighted by molar-refractivity contribution is 0.0240. The van der Waals surface area contributed by atoms with Gasteiger partial charge in [0.2, 0.25) is 0 Å². The first-order valence-corrected chi connectivity index (χ1v) is 9.62. The lowest BCUT2D eigenvalue weighted by Crippen LogP contribution is -2.50. The molecule has 0 atom stereocenters. The smallest absolute Gasteiger partial charge is 0.410 e. The van der Waals surface area contributed by atoms with E-state index in [2.05, 4.69) is 10.00 Å². The van der Waals surface area contributed by atoms with E-state index in [1.807, 2.05) is 46.0 Å². The van der Waals surface area contributed by atoms with Gasteiger partial charge in [-0.05, 0) is 26.8 Å². The molecule has 1 saturated heterocycles. The molecule has 2 heterocycles. The summed E-state index contributed by atoms with van der Waals surface area (Å²) in [6, 6.07) is 7.56. The van der Waals surface area contributed by atoms with E-state index >= 15 is 0 Å². The van der Waals surface area contributed by atoms with Crippen molar-refractivity contribution in [2.75, 3.05) is 31.1 Å². The third kappa shape index (κ3) is 4.50. The molecular weight excluding hydrogens is 387 g/mol.